The van der Waals surface area contributed by atoms with Gasteiger partial charge in [-0.15, -0.1) is 0 Å². The normalized spacial score (nSPS) is 14.3. The molecule has 0 radical (unpaired) electrons. The third kappa shape index (κ3) is 5.95. The van der Waals surface area contributed by atoms with Gasteiger partial charge < -0.3 is 10.1 Å². The van der Waals surface area contributed by atoms with E-state index < -0.39 is 10.8 Å². The number of ether oxygens (including phenoxy) is 1. The Kier molecular flexibility index (Phi) is 6.04. The minimum Gasteiger partial charge on any atom is -0.475 e. The van der Waals surface area contributed by atoms with Crippen molar-refractivity contribution in [3.63, 3.8) is 0 Å². The van der Waals surface area contributed by atoms with Crippen molar-refractivity contribution in [1.82, 2.24) is 9.97 Å². The van der Waals surface area contributed by atoms with Gasteiger partial charge in [-0.2, -0.15) is 4.98 Å². The first-order valence-electron chi connectivity index (χ1n) is 6.03. The van der Waals surface area contributed by atoms with Crippen LogP contribution in [0.15, 0.2) is 12.3 Å². The van der Waals surface area contributed by atoms with E-state index >= 15 is 0 Å². The van der Waals surface area contributed by atoms with Crippen molar-refractivity contribution in [3.05, 3.63) is 12.3 Å². The lowest BCUT2D eigenvalue weighted by Gasteiger charge is -2.14. The molecule has 0 saturated carbocycles. The fourth-order valence-corrected chi connectivity index (χ4v) is 2.04. The standard InChI is InChI=1S/C12H21N3O2S/c1-9(2)17-11-5-7-13-12(15-11)14-10(3)6-8-18(4)16/h5,7,9-10H,6,8H2,1-4H3,(H,13,14,15). The lowest BCUT2D eigenvalue weighted by Crippen LogP contribution is -2.19. The zero-order valence-electron chi connectivity index (χ0n) is 11.3. The maximum absolute atomic E-state index is 11.0. The molecule has 102 valence electrons. The number of nitrogens with one attached hydrogen (secondary N) is 1. The van der Waals surface area contributed by atoms with Crippen LogP contribution in [0.4, 0.5) is 5.95 Å². The molecule has 18 heavy (non-hydrogen) atoms. The number of nitrogens with zero attached hydrogens (tertiary/aromatic N) is 2. The van der Waals surface area contributed by atoms with E-state index in [0.717, 1.165) is 6.42 Å². The summed E-state index contributed by atoms with van der Waals surface area (Å²) < 4.78 is 16.5. The van der Waals surface area contributed by atoms with Gasteiger partial charge in [0.2, 0.25) is 11.8 Å². The van der Waals surface area contributed by atoms with E-state index in [4.69, 9.17) is 4.74 Å². The molecule has 2 atom stereocenters. The molecule has 1 heterocycles. The quantitative estimate of drug-likeness (QED) is 0.819. The molecule has 0 amide bonds. The summed E-state index contributed by atoms with van der Waals surface area (Å²) in [6, 6.07) is 1.92. The van der Waals surface area contributed by atoms with Crippen LogP contribution < -0.4 is 10.1 Å². The van der Waals surface area contributed by atoms with Gasteiger partial charge in [-0.05, 0) is 27.2 Å². The predicted octanol–water partition coefficient (Wildman–Crippen LogP) is 1.83. The first-order valence-corrected chi connectivity index (χ1v) is 7.76. The molecule has 0 saturated heterocycles. The summed E-state index contributed by atoms with van der Waals surface area (Å²) in [6.07, 6.45) is 4.28. The van der Waals surface area contributed by atoms with Crippen LogP contribution in [-0.4, -0.2) is 38.3 Å². The van der Waals surface area contributed by atoms with Crippen molar-refractivity contribution in [3.8, 4) is 5.88 Å². The monoisotopic (exact) mass is 271 g/mol. The van der Waals surface area contributed by atoms with Crippen LogP contribution in [0.25, 0.3) is 0 Å². The van der Waals surface area contributed by atoms with E-state index in [-0.39, 0.29) is 12.1 Å². The molecule has 0 bridgehead atoms. The number of aromatic nitrogens is 2. The van der Waals surface area contributed by atoms with E-state index in [2.05, 4.69) is 15.3 Å². The topological polar surface area (TPSA) is 64.1 Å². The van der Waals surface area contributed by atoms with E-state index in [1.54, 1.807) is 18.5 Å². The van der Waals surface area contributed by atoms with E-state index in [9.17, 15) is 4.21 Å². The fraction of sp³-hybridized carbons (Fsp3) is 0.667. The van der Waals surface area contributed by atoms with Gasteiger partial charge in [0.15, 0.2) is 0 Å². The molecule has 0 fully saturated rings. The Hall–Kier alpha value is -1.17. The molecule has 0 spiro atoms. The minimum atomic E-state index is -0.762. The van der Waals surface area contributed by atoms with Gasteiger partial charge in [0.25, 0.3) is 0 Å². The third-order valence-electron chi connectivity index (χ3n) is 2.20. The lowest BCUT2D eigenvalue weighted by molar-refractivity contribution is 0.232. The number of anilines is 1. The highest BCUT2D eigenvalue weighted by Crippen LogP contribution is 2.11. The molecule has 1 aromatic rings. The highest BCUT2D eigenvalue weighted by Gasteiger charge is 2.07. The highest BCUT2D eigenvalue weighted by molar-refractivity contribution is 7.84. The summed E-state index contributed by atoms with van der Waals surface area (Å²) >= 11 is 0. The summed E-state index contributed by atoms with van der Waals surface area (Å²) in [5, 5.41) is 3.17. The number of hydrogen-bond acceptors (Lipinski definition) is 5. The second-order valence-electron chi connectivity index (χ2n) is 4.50. The summed E-state index contributed by atoms with van der Waals surface area (Å²) in [5.41, 5.74) is 0. The van der Waals surface area contributed by atoms with Crippen LogP contribution in [0, 0.1) is 0 Å². The van der Waals surface area contributed by atoms with Crippen molar-refractivity contribution in [2.24, 2.45) is 0 Å². The van der Waals surface area contributed by atoms with Crippen LogP contribution in [0.3, 0.4) is 0 Å². The zero-order chi connectivity index (χ0) is 13.5. The van der Waals surface area contributed by atoms with Gasteiger partial charge in [0.1, 0.15) is 0 Å². The Labute approximate surface area is 111 Å². The van der Waals surface area contributed by atoms with E-state index in [1.807, 2.05) is 20.8 Å². The molecule has 0 aromatic carbocycles. The van der Waals surface area contributed by atoms with Gasteiger partial charge in [0.05, 0.1) is 6.10 Å². The SMILES string of the molecule is CC(CCS(C)=O)Nc1nccc(OC(C)C)n1. The molecule has 6 heteroatoms. The average Bonchev–Trinajstić information content (AvgIpc) is 2.26. The second kappa shape index (κ2) is 7.31. The Morgan fingerprint density at radius 1 is 1.44 bits per heavy atom. The van der Waals surface area contributed by atoms with Crippen molar-refractivity contribution in [2.75, 3.05) is 17.3 Å². The maximum Gasteiger partial charge on any atom is 0.226 e. The molecule has 5 nitrogen and oxygen atoms in total. The van der Waals surface area contributed by atoms with Gasteiger partial charge in [0, 0.05) is 41.1 Å². The van der Waals surface area contributed by atoms with Gasteiger partial charge in [-0.3, -0.25) is 4.21 Å². The first-order chi connectivity index (χ1) is 8.47. The summed E-state index contributed by atoms with van der Waals surface area (Å²) in [4.78, 5) is 8.40. The van der Waals surface area contributed by atoms with Crippen molar-refractivity contribution < 1.29 is 8.95 Å². The van der Waals surface area contributed by atoms with Crippen molar-refractivity contribution in [2.45, 2.75) is 39.3 Å². The minimum absolute atomic E-state index is 0.0905. The Bertz CT molecular complexity index is 399. The molecule has 1 rings (SSSR count). The second-order valence-corrected chi connectivity index (χ2v) is 6.05. The largest absolute Gasteiger partial charge is 0.475 e. The summed E-state index contributed by atoms with van der Waals surface area (Å²) in [7, 11) is -0.762. The Balaban J connectivity index is 2.53. The zero-order valence-corrected chi connectivity index (χ0v) is 12.2. The fourth-order valence-electron chi connectivity index (χ4n) is 1.35. The molecule has 1 N–H and O–H groups in total. The highest BCUT2D eigenvalue weighted by atomic mass is 32.2. The number of hydrogen-bond donors (Lipinski definition) is 1. The van der Waals surface area contributed by atoms with Gasteiger partial charge in [-0.1, -0.05) is 0 Å². The molecule has 2 unspecified atom stereocenters. The van der Waals surface area contributed by atoms with Crippen LogP contribution in [0.5, 0.6) is 5.88 Å². The van der Waals surface area contributed by atoms with Crippen LogP contribution >= 0.6 is 0 Å². The van der Waals surface area contributed by atoms with Crippen LogP contribution in [0.2, 0.25) is 0 Å². The summed E-state index contributed by atoms with van der Waals surface area (Å²) in [6.45, 7) is 5.93. The molecule has 1 aromatic heterocycles. The van der Waals surface area contributed by atoms with E-state index in [1.165, 1.54) is 0 Å². The third-order valence-corrected chi connectivity index (χ3v) is 3.01. The van der Waals surface area contributed by atoms with Gasteiger partial charge in [-0.25, -0.2) is 4.98 Å². The smallest absolute Gasteiger partial charge is 0.226 e. The predicted molar refractivity (Wildman–Crippen MR) is 74.4 cm³/mol. The Morgan fingerprint density at radius 3 is 2.78 bits per heavy atom. The lowest BCUT2D eigenvalue weighted by atomic mass is 10.3. The average molecular weight is 271 g/mol. The molecule has 0 aliphatic heterocycles. The van der Waals surface area contributed by atoms with Crippen LogP contribution in [0.1, 0.15) is 27.2 Å². The maximum atomic E-state index is 11.0. The summed E-state index contributed by atoms with van der Waals surface area (Å²) in [5.74, 6) is 1.78. The molecule has 0 aliphatic rings. The van der Waals surface area contributed by atoms with Crippen LogP contribution in [-0.2, 0) is 10.8 Å². The molecular formula is C12H21N3O2S. The molecule has 0 aliphatic carbocycles. The van der Waals surface area contributed by atoms with Crippen molar-refractivity contribution in [1.29, 1.82) is 0 Å². The Morgan fingerprint density at radius 2 is 2.17 bits per heavy atom. The molecular weight excluding hydrogens is 250 g/mol. The first kappa shape index (κ1) is 14.9. The number of rotatable bonds is 7. The van der Waals surface area contributed by atoms with E-state index in [0.29, 0.717) is 17.6 Å². The van der Waals surface area contributed by atoms with Crippen molar-refractivity contribution >= 4 is 16.7 Å². The van der Waals surface area contributed by atoms with Gasteiger partial charge >= 0.3 is 0 Å².